The lowest BCUT2D eigenvalue weighted by atomic mass is 9.88. The minimum absolute atomic E-state index is 0.138. The van der Waals surface area contributed by atoms with Crippen LogP contribution >= 0.6 is 0 Å². The summed E-state index contributed by atoms with van der Waals surface area (Å²) in [7, 11) is -7.20. The number of hydrogen-bond donors (Lipinski definition) is 0. The summed E-state index contributed by atoms with van der Waals surface area (Å²) in [5, 5.41) is 0. The number of fused-ring (bicyclic) bond motifs is 1. The Bertz CT molecular complexity index is 1040. The Labute approximate surface area is 157 Å². The highest BCUT2D eigenvalue weighted by Gasteiger charge is 2.33. The maximum absolute atomic E-state index is 13.0. The lowest BCUT2D eigenvalue weighted by Crippen LogP contribution is -2.33. The van der Waals surface area contributed by atoms with Crippen molar-refractivity contribution in [2.24, 2.45) is 0 Å². The summed E-state index contributed by atoms with van der Waals surface area (Å²) in [6.45, 7) is 0. The van der Waals surface area contributed by atoms with E-state index in [1.165, 1.54) is 11.4 Å². The molecule has 0 bridgehead atoms. The fourth-order valence-corrected chi connectivity index (χ4v) is 5.43. The van der Waals surface area contributed by atoms with Crippen molar-refractivity contribution < 1.29 is 25.6 Å². The highest BCUT2D eigenvalue weighted by Crippen LogP contribution is 2.36. The maximum Gasteiger partial charge on any atom is 0.341 e. The van der Waals surface area contributed by atoms with Gasteiger partial charge in [0.1, 0.15) is 0 Å². The van der Waals surface area contributed by atoms with Gasteiger partial charge in [0.05, 0.1) is 9.79 Å². The topological polar surface area (TPSA) is 71.5 Å². The zero-order valence-electron chi connectivity index (χ0n) is 14.5. The molecule has 0 fully saturated rings. The lowest BCUT2D eigenvalue weighted by molar-refractivity contribution is 0.234. The van der Waals surface area contributed by atoms with Crippen LogP contribution in [0.2, 0.25) is 0 Å². The quantitative estimate of drug-likeness (QED) is 0.751. The Morgan fingerprint density at radius 3 is 2.19 bits per heavy atom. The molecule has 2 aromatic carbocycles. The van der Waals surface area contributed by atoms with Gasteiger partial charge < -0.3 is 0 Å². The lowest BCUT2D eigenvalue weighted by Gasteiger charge is -2.32. The molecule has 0 amide bonds. The average Bonchev–Trinajstić information content (AvgIpc) is 2.67. The Morgan fingerprint density at radius 1 is 0.963 bits per heavy atom. The largest absolute Gasteiger partial charge is 0.341 e. The first-order valence-electron chi connectivity index (χ1n) is 8.33. The molecule has 2 aromatic rings. The van der Waals surface area contributed by atoms with Gasteiger partial charge in [-0.2, -0.15) is 13.1 Å². The predicted octanol–water partition coefficient (Wildman–Crippen LogP) is 3.38. The van der Waals surface area contributed by atoms with E-state index in [2.05, 4.69) is 0 Å². The fourth-order valence-electron chi connectivity index (χ4n) is 3.34. The molecule has 0 spiro atoms. The van der Waals surface area contributed by atoms with Crippen molar-refractivity contribution in [1.29, 1.82) is 0 Å². The highest BCUT2D eigenvalue weighted by molar-refractivity contribution is 7.91. The first-order chi connectivity index (χ1) is 12.7. The second-order valence-electron chi connectivity index (χ2n) is 6.41. The van der Waals surface area contributed by atoms with Gasteiger partial charge in [-0.25, -0.2) is 16.8 Å². The molecular formula is C18H19F2NO4S2. The smallest absolute Gasteiger partial charge is 0.218 e. The zero-order valence-corrected chi connectivity index (χ0v) is 16.2. The SMILES string of the molecule is CN([C@@H]1CCCc2ccccc21)S(=O)(=O)c1ccc(S(=O)(=O)C(F)F)cc1. The summed E-state index contributed by atoms with van der Waals surface area (Å²) in [5.74, 6) is -3.55. The molecular weight excluding hydrogens is 396 g/mol. The van der Waals surface area contributed by atoms with Crippen LogP contribution in [0.15, 0.2) is 58.3 Å². The van der Waals surface area contributed by atoms with Crippen molar-refractivity contribution in [3.05, 3.63) is 59.7 Å². The minimum Gasteiger partial charge on any atom is -0.218 e. The zero-order chi connectivity index (χ0) is 19.8. The Hall–Kier alpha value is -1.84. The molecule has 0 N–H and O–H groups in total. The molecule has 146 valence electrons. The summed E-state index contributed by atoms with van der Waals surface area (Å²) in [5.41, 5.74) is 2.06. The fraction of sp³-hybridized carbons (Fsp3) is 0.333. The molecule has 0 aliphatic heterocycles. The number of halogens is 2. The highest BCUT2D eigenvalue weighted by atomic mass is 32.2. The molecule has 0 saturated carbocycles. The van der Waals surface area contributed by atoms with Crippen molar-refractivity contribution in [2.45, 2.75) is 40.9 Å². The van der Waals surface area contributed by atoms with E-state index >= 15 is 0 Å². The predicted molar refractivity (Wildman–Crippen MR) is 96.7 cm³/mol. The standard InChI is InChI=1S/C18H19F2NO4S2/c1-21(17-8-4-6-13-5-2-3-7-16(13)17)27(24,25)15-11-9-14(10-12-15)26(22,23)18(19)20/h2-3,5,7,9-12,17-18H,4,6,8H2,1H3/t17-/m1/s1. The maximum atomic E-state index is 13.0. The van der Waals surface area contributed by atoms with Crippen molar-refractivity contribution >= 4 is 19.9 Å². The summed E-state index contributed by atoms with van der Waals surface area (Å²) in [6, 6.07) is 11.2. The van der Waals surface area contributed by atoms with Gasteiger partial charge in [0.2, 0.25) is 19.9 Å². The van der Waals surface area contributed by atoms with Gasteiger partial charge in [-0.1, -0.05) is 24.3 Å². The van der Waals surface area contributed by atoms with Gasteiger partial charge >= 0.3 is 5.76 Å². The molecule has 5 nitrogen and oxygen atoms in total. The van der Waals surface area contributed by atoms with E-state index < -0.39 is 30.5 Å². The normalized spacial score (nSPS) is 17.9. The van der Waals surface area contributed by atoms with Crippen LogP contribution in [0.4, 0.5) is 8.78 Å². The van der Waals surface area contributed by atoms with Crippen LogP contribution in [-0.2, 0) is 26.3 Å². The number of sulfone groups is 1. The Kier molecular flexibility index (Phi) is 5.38. The van der Waals surface area contributed by atoms with Crippen LogP contribution < -0.4 is 0 Å². The van der Waals surface area contributed by atoms with E-state index in [1.807, 2.05) is 24.3 Å². The summed E-state index contributed by atoms with van der Waals surface area (Å²) < 4.78 is 75.5. The average molecular weight is 415 g/mol. The van der Waals surface area contributed by atoms with Crippen LogP contribution in [0, 0.1) is 0 Å². The van der Waals surface area contributed by atoms with E-state index in [1.54, 1.807) is 0 Å². The molecule has 0 heterocycles. The van der Waals surface area contributed by atoms with Gasteiger partial charge in [-0.05, 0) is 54.7 Å². The van der Waals surface area contributed by atoms with Gasteiger partial charge in [-0.15, -0.1) is 0 Å². The summed E-state index contributed by atoms with van der Waals surface area (Å²) in [4.78, 5) is -0.747. The second-order valence-corrected chi connectivity index (χ2v) is 10.3. The molecule has 0 saturated heterocycles. The van der Waals surface area contributed by atoms with Gasteiger partial charge in [0.25, 0.3) is 0 Å². The molecule has 1 aliphatic carbocycles. The third kappa shape index (κ3) is 3.63. The molecule has 9 heteroatoms. The molecule has 3 rings (SSSR count). The van der Waals surface area contributed by atoms with Crippen LogP contribution in [0.25, 0.3) is 0 Å². The number of sulfonamides is 1. The number of alkyl halides is 2. The van der Waals surface area contributed by atoms with E-state index in [0.29, 0.717) is 6.42 Å². The Morgan fingerprint density at radius 2 is 1.56 bits per heavy atom. The van der Waals surface area contributed by atoms with Crippen LogP contribution in [0.5, 0.6) is 0 Å². The molecule has 0 radical (unpaired) electrons. The van der Waals surface area contributed by atoms with Crippen molar-refractivity contribution in [3.63, 3.8) is 0 Å². The summed E-state index contributed by atoms with van der Waals surface area (Å²) >= 11 is 0. The van der Waals surface area contributed by atoms with Gasteiger partial charge in [0, 0.05) is 13.1 Å². The van der Waals surface area contributed by atoms with Crippen LogP contribution in [0.1, 0.15) is 30.0 Å². The molecule has 0 unspecified atom stereocenters. The van der Waals surface area contributed by atoms with Crippen molar-refractivity contribution in [2.75, 3.05) is 7.05 Å². The minimum atomic E-state index is -4.76. The van der Waals surface area contributed by atoms with Crippen molar-refractivity contribution in [3.8, 4) is 0 Å². The van der Waals surface area contributed by atoms with Crippen molar-refractivity contribution in [1.82, 2.24) is 4.31 Å². The first kappa shape index (κ1) is 19.9. The number of hydrogen-bond acceptors (Lipinski definition) is 4. The molecule has 1 atom stereocenters. The number of aryl methyl sites for hydroxylation is 1. The number of benzene rings is 2. The first-order valence-corrected chi connectivity index (χ1v) is 11.3. The van der Waals surface area contributed by atoms with Gasteiger partial charge in [0.15, 0.2) is 0 Å². The van der Waals surface area contributed by atoms with Crippen LogP contribution in [0.3, 0.4) is 0 Å². The van der Waals surface area contributed by atoms with E-state index in [9.17, 15) is 25.6 Å². The number of nitrogens with zero attached hydrogens (tertiary/aromatic N) is 1. The number of rotatable bonds is 5. The van der Waals surface area contributed by atoms with Gasteiger partial charge in [-0.3, -0.25) is 0 Å². The van der Waals surface area contributed by atoms with Crippen LogP contribution in [-0.4, -0.2) is 33.9 Å². The monoisotopic (exact) mass is 415 g/mol. The van der Waals surface area contributed by atoms with E-state index in [-0.39, 0.29) is 10.9 Å². The second kappa shape index (κ2) is 7.29. The Balaban J connectivity index is 1.93. The van der Waals surface area contributed by atoms with E-state index in [0.717, 1.165) is 48.2 Å². The molecule has 0 aromatic heterocycles. The summed E-state index contributed by atoms with van der Waals surface area (Å²) in [6.07, 6.45) is 2.42. The third-order valence-electron chi connectivity index (χ3n) is 4.84. The molecule has 27 heavy (non-hydrogen) atoms. The third-order valence-corrected chi connectivity index (χ3v) is 8.12. The molecule has 1 aliphatic rings. The van der Waals surface area contributed by atoms with E-state index in [4.69, 9.17) is 0 Å².